The Morgan fingerprint density at radius 1 is 0.304 bits per heavy atom. The molecule has 0 radical (unpaired) electrons. The van der Waals surface area contributed by atoms with Crippen molar-refractivity contribution in [1.29, 1.82) is 0 Å². The zero-order valence-corrected chi connectivity index (χ0v) is 30.7. The Morgan fingerprint density at radius 2 is 0.857 bits per heavy atom. The maximum Gasteiger partial charge on any atom is 0.0731 e. The summed E-state index contributed by atoms with van der Waals surface area (Å²) < 4.78 is 0. The van der Waals surface area contributed by atoms with Crippen LogP contribution in [-0.2, 0) is 5.41 Å². The van der Waals surface area contributed by atoms with Gasteiger partial charge >= 0.3 is 0 Å². The minimum atomic E-state index is -0.477. The van der Waals surface area contributed by atoms with Crippen molar-refractivity contribution in [1.82, 2.24) is 0 Å². The lowest BCUT2D eigenvalue weighted by atomic mass is 9.69. The lowest BCUT2D eigenvalue weighted by Gasteiger charge is -2.32. The molecule has 0 bridgehead atoms. The Hall–Kier alpha value is -7.22. The molecule has 56 heavy (non-hydrogen) atoms. The molecule has 2 aliphatic carbocycles. The zero-order valence-electron chi connectivity index (χ0n) is 30.7. The highest BCUT2D eigenvalue weighted by Crippen LogP contribution is 2.65. The first-order valence-corrected chi connectivity index (χ1v) is 19.5. The molecule has 0 saturated heterocycles. The first-order valence-electron chi connectivity index (χ1n) is 19.5. The van der Waals surface area contributed by atoms with Crippen LogP contribution in [0.4, 0.5) is 17.1 Å². The summed E-state index contributed by atoms with van der Waals surface area (Å²) in [6, 6.07) is 78.7. The van der Waals surface area contributed by atoms with Gasteiger partial charge < -0.3 is 4.90 Å². The maximum absolute atomic E-state index is 2.53. The first-order chi connectivity index (χ1) is 27.8. The van der Waals surface area contributed by atoms with E-state index in [-0.39, 0.29) is 0 Å². The summed E-state index contributed by atoms with van der Waals surface area (Å²) in [5.41, 5.74) is 16.1. The van der Waals surface area contributed by atoms with Crippen molar-refractivity contribution in [2.75, 3.05) is 4.90 Å². The van der Waals surface area contributed by atoms with Gasteiger partial charge in [0, 0.05) is 17.1 Å². The second kappa shape index (κ2) is 11.9. The highest BCUT2D eigenvalue weighted by atomic mass is 15.1. The van der Waals surface area contributed by atoms with Gasteiger partial charge in [0.25, 0.3) is 0 Å². The van der Waals surface area contributed by atoms with Crippen LogP contribution in [0.25, 0.3) is 65.7 Å². The number of hydrogen-bond acceptors (Lipinski definition) is 1. The van der Waals surface area contributed by atoms with Gasteiger partial charge in [0.15, 0.2) is 0 Å². The standard InChI is InChI=1S/C55H35N/c1-3-16-36(17-4-1)37-18-15-21-41(32-37)56(40-19-5-2-6-20-40)42-31-30-38-34-49-52(35-39(38)33-42)55(50-28-13-11-24-45(50)46-25-12-14-29-51(46)55)54-48-27-10-8-23-44(48)43-22-7-9-26-47(43)53(49)54/h1-35H. The van der Waals surface area contributed by atoms with Crippen LogP contribution in [0.15, 0.2) is 212 Å². The summed E-state index contributed by atoms with van der Waals surface area (Å²) in [6.45, 7) is 0. The normalized spacial score (nSPS) is 13.1. The number of rotatable bonds is 4. The highest BCUT2D eigenvalue weighted by Gasteiger charge is 2.53. The Bertz CT molecular complexity index is 3150. The molecule has 0 amide bonds. The fourth-order valence-corrected chi connectivity index (χ4v) is 10.2. The largest absolute Gasteiger partial charge is 0.310 e. The SMILES string of the molecule is c1ccc(-c2cccc(N(c3ccccc3)c3ccc4cc5c(cc4c3)C3(c4ccccc4-c4ccccc43)c3c-5c4ccccc4c4ccccc34)c2)cc1. The van der Waals surface area contributed by atoms with Crippen LogP contribution in [0.1, 0.15) is 22.3 Å². The molecule has 260 valence electrons. The van der Waals surface area contributed by atoms with Crippen LogP contribution < -0.4 is 4.90 Å². The van der Waals surface area contributed by atoms with E-state index in [1.165, 1.54) is 88.0 Å². The summed E-state index contributed by atoms with van der Waals surface area (Å²) in [5, 5.41) is 7.70. The van der Waals surface area contributed by atoms with E-state index in [1.54, 1.807) is 0 Å². The molecule has 0 aliphatic heterocycles. The second-order valence-electron chi connectivity index (χ2n) is 15.2. The van der Waals surface area contributed by atoms with E-state index in [9.17, 15) is 0 Å². The van der Waals surface area contributed by atoms with E-state index in [1.807, 2.05) is 0 Å². The molecule has 0 heterocycles. The molecule has 1 heteroatoms. The quantitative estimate of drug-likeness (QED) is 0.164. The molecule has 10 aromatic carbocycles. The topological polar surface area (TPSA) is 3.24 Å². The van der Waals surface area contributed by atoms with E-state index in [0.29, 0.717) is 0 Å². The molecule has 1 spiro atoms. The predicted molar refractivity (Wildman–Crippen MR) is 235 cm³/mol. The van der Waals surface area contributed by atoms with Gasteiger partial charge in [0.05, 0.1) is 5.41 Å². The van der Waals surface area contributed by atoms with Crippen LogP contribution in [0.3, 0.4) is 0 Å². The Balaban J connectivity index is 1.16. The van der Waals surface area contributed by atoms with Crippen molar-refractivity contribution < 1.29 is 0 Å². The van der Waals surface area contributed by atoms with E-state index < -0.39 is 5.41 Å². The summed E-state index contributed by atoms with van der Waals surface area (Å²) in [5.74, 6) is 0. The van der Waals surface area contributed by atoms with Crippen molar-refractivity contribution in [3.05, 3.63) is 235 Å². The number of fused-ring (bicyclic) bond motifs is 16. The molecular weight excluding hydrogens is 675 g/mol. The van der Waals surface area contributed by atoms with E-state index in [0.717, 1.165) is 17.1 Å². The summed E-state index contributed by atoms with van der Waals surface area (Å²) in [7, 11) is 0. The van der Waals surface area contributed by atoms with Crippen molar-refractivity contribution in [2.24, 2.45) is 0 Å². The molecule has 12 rings (SSSR count). The van der Waals surface area contributed by atoms with Crippen LogP contribution in [0.2, 0.25) is 0 Å². The molecule has 10 aromatic rings. The van der Waals surface area contributed by atoms with Crippen molar-refractivity contribution >= 4 is 49.4 Å². The average Bonchev–Trinajstić information content (AvgIpc) is 3.74. The third-order valence-electron chi connectivity index (χ3n) is 12.4. The van der Waals surface area contributed by atoms with Crippen LogP contribution in [0.5, 0.6) is 0 Å². The number of para-hydroxylation sites is 1. The van der Waals surface area contributed by atoms with Crippen molar-refractivity contribution in [3.63, 3.8) is 0 Å². The first kappa shape index (κ1) is 31.2. The fraction of sp³-hybridized carbons (Fsp3) is 0.0182. The van der Waals surface area contributed by atoms with E-state index in [2.05, 4.69) is 217 Å². The average molecular weight is 710 g/mol. The van der Waals surface area contributed by atoms with Gasteiger partial charge in [0.1, 0.15) is 0 Å². The third-order valence-corrected chi connectivity index (χ3v) is 12.4. The minimum Gasteiger partial charge on any atom is -0.310 e. The molecular formula is C55H35N. The number of anilines is 3. The van der Waals surface area contributed by atoms with Crippen LogP contribution in [0, 0.1) is 0 Å². The monoisotopic (exact) mass is 709 g/mol. The molecule has 0 unspecified atom stereocenters. The van der Waals surface area contributed by atoms with Gasteiger partial charge in [-0.1, -0.05) is 164 Å². The Labute approximate surface area is 326 Å². The van der Waals surface area contributed by atoms with Crippen LogP contribution in [-0.4, -0.2) is 0 Å². The van der Waals surface area contributed by atoms with Crippen LogP contribution >= 0.6 is 0 Å². The molecule has 2 aliphatic rings. The van der Waals surface area contributed by atoms with Gasteiger partial charge in [-0.3, -0.25) is 0 Å². The summed E-state index contributed by atoms with van der Waals surface area (Å²) in [6.07, 6.45) is 0. The molecule has 0 atom stereocenters. The van der Waals surface area contributed by atoms with Gasteiger partial charge in [-0.2, -0.15) is 0 Å². The minimum absolute atomic E-state index is 0.477. The molecule has 1 nitrogen and oxygen atoms in total. The van der Waals surface area contributed by atoms with E-state index in [4.69, 9.17) is 0 Å². The maximum atomic E-state index is 2.53. The fourth-order valence-electron chi connectivity index (χ4n) is 10.2. The van der Waals surface area contributed by atoms with Gasteiger partial charge in [-0.15, -0.1) is 0 Å². The van der Waals surface area contributed by atoms with E-state index >= 15 is 0 Å². The Kier molecular flexibility index (Phi) is 6.62. The number of hydrogen-bond donors (Lipinski definition) is 0. The lowest BCUT2D eigenvalue weighted by molar-refractivity contribution is 0.803. The number of benzene rings is 10. The smallest absolute Gasteiger partial charge is 0.0731 e. The second-order valence-corrected chi connectivity index (χ2v) is 15.2. The number of nitrogens with zero attached hydrogens (tertiary/aromatic N) is 1. The van der Waals surface area contributed by atoms with Gasteiger partial charge in [-0.05, 0) is 136 Å². The van der Waals surface area contributed by atoms with Crippen molar-refractivity contribution in [2.45, 2.75) is 5.41 Å². The van der Waals surface area contributed by atoms with Gasteiger partial charge in [0.2, 0.25) is 0 Å². The zero-order chi connectivity index (χ0) is 36.8. The van der Waals surface area contributed by atoms with Crippen molar-refractivity contribution in [3.8, 4) is 33.4 Å². The molecule has 0 aromatic heterocycles. The summed E-state index contributed by atoms with van der Waals surface area (Å²) in [4.78, 5) is 2.39. The Morgan fingerprint density at radius 3 is 1.59 bits per heavy atom. The highest BCUT2D eigenvalue weighted by molar-refractivity contribution is 6.20. The molecule has 0 N–H and O–H groups in total. The third kappa shape index (κ3) is 4.26. The molecule has 0 fully saturated rings. The molecule has 0 saturated carbocycles. The van der Waals surface area contributed by atoms with Gasteiger partial charge in [-0.25, -0.2) is 0 Å². The predicted octanol–water partition coefficient (Wildman–Crippen LogP) is 14.6. The summed E-state index contributed by atoms with van der Waals surface area (Å²) >= 11 is 0. The lowest BCUT2D eigenvalue weighted by Crippen LogP contribution is -2.26.